The number of aryl methyl sites for hydroxylation is 2. The van der Waals surface area contributed by atoms with Gasteiger partial charge in [-0.25, -0.2) is 0 Å². The average molecular weight is 674 g/mol. The van der Waals surface area contributed by atoms with Gasteiger partial charge >= 0.3 is 30.2 Å². The minimum absolute atomic E-state index is 0. The summed E-state index contributed by atoms with van der Waals surface area (Å²) in [5.41, 5.74) is 9.43. The van der Waals surface area contributed by atoms with E-state index in [9.17, 15) is 0 Å². The van der Waals surface area contributed by atoms with Crippen molar-refractivity contribution in [3.63, 3.8) is 0 Å². The monoisotopic (exact) mass is 672 g/mol. The van der Waals surface area contributed by atoms with Gasteiger partial charge in [-0.1, -0.05) is 130 Å². The molecule has 0 saturated heterocycles. The summed E-state index contributed by atoms with van der Waals surface area (Å²) in [6.07, 6.45) is 0. The van der Waals surface area contributed by atoms with Gasteiger partial charge in [0.1, 0.15) is 0 Å². The van der Waals surface area contributed by atoms with Crippen molar-refractivity contribution in [2.45, 2.75) is 53.3 Å². The van der Waals surface area contributed by atoms with Crippen molar-refractivity contribution in [1.82, 2.24) is 0 Å². The second-order valence-electron chi connectivity index (χ2n) is 12.2. The predicted octanol–water partition coefficient (Wildman–Crippen LogP) is 11.3. The molecule has 0 bridgehead atoms. The van der Waals surface area contributed by atoms with Crippen LogP contribution in [0.1, 0.15) is 36.5 Å². The molecule has 0 aliphatic heterocycles. The molecule has 0 unspecified atom stereocenters. The Morgan fingerprint density at radius 2 is 1.26 bits per heavy atom. The van der Waals surface area contributed by atoms with E-state index in [-0.39, 0.29) is 14.9 Å². The summed E-state index contributed by atoms with van der Waals surface area (Å²) in [7, 11) is -1.22. The Kier molecular flexibility index (Phi) is 13.6. The molecule has 3 heteroatoms. The van der Waals surface area contributed by atoms with E-state index < -0.39 is 8.07 Å². The fraction of sp³-hybridized carbons (Fsp3) is 0.200. The van der Waals surface area contributed by atoms with Crippen LogP contribution in [0, 0.1) is 28.7 Å². The van der Waals surface area contributed by atoms with Crippen LogP contribution in [0.4, 0.5) is 0 Å². The molecule has 0 N–H and O–H groups in total. The molecule has 0 nitrogen and oxygen atoms in total. The van der Waals surface area contributed by atoms with E-state index in [0.29, 0.717) is 5.92 Å². The third-order valence-corrected chi connectivity index (χ3v) is 9.90. The van der Waals surface area contributed by atoms with E-state index in [1.54, 1.807) is 0 Å². The normalized spacial score (nSPS) is 10.7. The van der Waals surface area contributed by atoms with Gasteiger partial charge in [-0.3, -0.25) is 0 Å². The SMILES string of the molecule is CC(C)c1cc2c(-c3ccc([Si](C)(C)C)cc3)cccc2[cH-]1.Cc1cc2c(-c3ccccc3)ccc(C)c2[cH-]1.[CH3-].[CH3-].[Si]=[Zr]. The van der Waals surface area contributed by atoms with E-state index in [4.69, 9.17) is 0 Å². The number of rotatable bonds is 4. The number of fused-ring (bicyclic) bond motifs is 2. The van der Waals surface area contributed by atoms with Crippen LogP contribution in [0.15, 0.2) is 109 Å². The maximum atomic E-state index is 3.06. The van der Waals surface area contributed by atoms with Crippen molar-refractivity contribution in [3.05, 3.63) is 141 Å². The third kappa shape index (κ3) is 8.53. The summed E-state index contributed by atoms with van der Waals surface area (Å²) in [5, 5.41) is 7.01. The zero-order valence-electron chi connectivity index (χ0n) is 27.5. The van der Waals surface area contributed by atoms with E-state index in [0.717, 1.165) is 0 Å². The van der Waals surface area contributed by atoms with Crippen molar-refractivity contribution < 1.29 is 23.3 Å². The van der Waals surface area contributed by atoms with Crippen LogP contribution in [0.3, 0.4) is 0 Å². The Balaban J connectivity index is 0.000000278. The second-order valence-corrected chi connectivity index (χ2v) is 17.3. The molecular weight excluding hydrogens is 628 g/mol. The van der Waals surface area contributed by atoms with Gasteiger partial charge in [0, 0.05) is 0 Å². The fourth-order valence-electron chi connectivity index (χ4n) is 5.45. The number of benzene rings is 4. The van der Waals surface area contributed by atoms with Crippen LogP contribution in [-0.4, -0.2) is 15.0 Å². The fourth-order valence-corrected chi connectivity index (χ4v) is 6.62. The quantitative estimate of drug-likeness (QED) is 0.129. The molecule has 0 amide bonds. The Labute approximate surface area is 279 Å². The molecule has 0 fully saturated rings. The average Bonchev–Trinajstić information content (AvgIpc) is 3.59. The van der Waals surface area contributed by atoms with Crippen LogP contribution in [0.25, 0.3) is 43.8 Å². The second kappa shape index (κ2) is 15.9. The molecule has 6 aromatic rings. The standard InChI is InChI=1S/C21H25Si.C17H15.2CH3.Si.Zr/c1-15(2)18-13-17-7-6-8-20(21(17)14-18)16-9-11-19(12-10-16)22(3,4)5;1-12-10-16-13(2)8-9-15(17(16)11-12)14-6-4-3-5-7-14;;;;/h6-15H,1-5H3;3-11H,1-2H3;2*1H3;;/q4*-1;;. The van der Waals surface area contributed by atoms with E-state index in [1.165, 1.54) is 89.0 Å². The van der Waals surface area contributed by atoms with Crippen molar-refractivity contribution in [2.75, 3.05) is 0 Å². The Morgan fingerprint density at radius 3 is 1.86 bits per heavy atom. The Morgan fingerprint density at radius 1 is 0.651 bits per heavy atom. The zero-order chi connectivity index (χ0) is 29.7. The molecule has 0 heterocycles. The van der Waals surface area contributed by atoms with Crippen LogP contribution < -0.4 is 5.19 Å². The van der Waals surface area contributed by atoms with Crippen LogP contribution in [0.5, 0.6) is 0 Å². The van der Waals surface area contributed by atoms with E-state index in [1.807, 2.05) is 0 Å². The summed E-state index contributed by atoms with van der Waals surface area (Å²) >= 11 is 1.36. The summed E-state index contributed by atoms with van der Waals surface area (Å²) < 4.78 is 0. The number of hydrogen-bond acceptors (Lipinski definition) is 0. The minimum atomic E-state index is -1.22. The van der Waals surface area contributed by atoms with E-state index >= 15 is 0 Å². The van der Waals surface area contributed by atoms with Gasteiger partial charge in [-0.05, 0) is 17.0 Å². The molecule has 0 atom stereocenters. The molecule has 2 radical (unpaired) electrons. The molecule has 0 spiro atoms. The van der Waals surface area contributed by atoms with Gasteiger partial charge in [0.05, 0.1) is 8.07 Å². The Hall–Kier alpha value is -2.58. The van der Waals surface area contributed by atoms with Crippen molar-refractivity contribution in [2.24, 2.45) is 0 Å². The topological polar surface area (TPSA) is 0 Å². The molecule has 6 aromatic carbocycles. The molecular formula is C40H46Si2Zr-4. The van der Waals surface area contributed by atoms with Crippen LogP contribution in [0.2, 0.25) is 19.6 Å². The Bertz CT molecular complexity index is 1730. The molecule has 6 rings (SSSR count). The van der Waals surface area contributed by atoms with Crippen molar-refractivity contribution in [1.29, 1.82) is 0 Å². The first-order valence-electron chi connectivity index (χ1n) is 14.4. The predicted molar refractivity (Wildman–Crippen MR) is 195 cm³/mol. The summed E-state index contributed by atoms with van der Waals surface area (Å²) in [6.45, 7) is 19.1. The first-order chi connectivity index (χ1) is 19.6. The van der Waals surface area contributed by atoms with Crippen LogP contribution >= 0.6 is 0 Å². The molecule has 43 heavy (non-hydrogen) atoms. The summed E-state index contributed by atoms with van der Waals surface area (Å²) in [5.74, 6) is 0.578. The van der Waals surface area contributed by atoms with Gasteiger partial charge in [-0.2, -0.15) is 12.1 Å². The molecule has 0 aliphatic rings. The van der Waals surface area contributed by atoms with E-state index in [2.05, 4.69) is 163 Å². The summed E-state index contributed by atoms with van der Waals surface area (Å²) in [4.78, 5) is 0. The first-order valence-corrected chi connectivity index (χ1v) is 22.1. The molecule has 0 aliphatic carbocycles. The molecule has 0 aromatic heterocycles. The van der Waals surface area contributed by atoms with Gasteiger partial charge < -0.3 is 14.9 Å². The van der Waals surface area contributed by atoms with Crippen LogP contribution in [-0.2, 0) is 23.3 Å². The molecule has 0 saturated carbocycles. The third-order valence-electron chi connectivity index (χ3n) is 7.84. The summed E-state index contributed by atoms with van der Waals surface area (Å²) in [6, 6.07) is 40.2. The number of hydrogen-bond donors (Lipinski definition) is 0. The van der Waals surface area contributed by atoms with Gasteiger partial charge in [0.2, 0.25) is 0 Å². The van der Waals surface area contributed by atoms with Crippen molar-refractivity contribution >= 4 is 41.7 Å². The van der Waals surface area contributed by atoms with Crippen molar-refractivity contribution in [3.8, 4) is 22.3 Å². The molecule has 222 valence electrons. The first kappa shape index (κ1) is 36.6. The van der Waals surface area contributed by atoms with Gasteiger partial charge in [-0.15, -0.1) is 68.6 Å². The van der Waals surface area contributed by atoms with Gasteiger partial charge in [0.25, 0.3) is 0 Å². The maximum absolute atomic E-state index is 3.06. The van der Waals surface area contributed by atoms with Gasteiger partial charge in [0.15, 0.2) is 0 Å². The zero-order valence-corrected chi connectivity index (χ0v) is 31.9.